The molecule has 0 radical (unpaired) electrons. The fourth-order valence-electron chi connectivity index (χ4n) is 2.91. The number of likely N-dealkylation sites (tertiary alicyclic amines) is 1. The first-order valence-electron chi connectivity index (χ1n) is 8.83. The van der Waals surface area contributed by atoms with Crippen molar-refractivity contribution in [2.75, 3.05) is 26.2 Å². The molecule has 1 aliphatic heterocycles. The van der Waals surface area contributed by atoms with Crippen LogP contribution in [0.3, 0.4) is 0 Å². The van der Waals surface area contributed by atoms with E-state index in [0.29, 0.717) is 18.5 Å². The molecule has 1 atom stereocenters. The van der Waals surface area contributed by atoms with E-state index in [4.69, 9.17) is 0 Å². The van der Waals surface area contributed by atoms with Gasteiger partial charge in [-0.05, 0) is 70.3 Å². The summed E-state index contributed by atoms with van der Waals surface area (Å²) in [5.41, 5.74) is 1.01. The third-order valence-corrected chi connectivity index (χ3v) is 4.41. The first kappa shape index (κ1) is 18.9. The first-order valence-corrected chi connectivity index (χ1v) is 8.83. The maximum Gasteiger partial charge on any atom is 0.251 e. The molecule has 134 valence electrons. The molecule has 1 aromatic rings. The van der Waals surface area contributed by atoms with E-state index >= 15 is 0 Å². The van der Waals surface area contributed by atoms with Gasteiger partial charge in [0, 0.05) is 18.7 Å². The highest BCUT2D eigenvalue weighted by Crippen LogP contribution is 2.14. The van der Waals surface area contributed by atoms with Crippen LogP contribution < -0.4 is 5.32 Å². The highest BCUT2D eigenvalue weighted by molar-refractivity contribution is 5.94. The van der Waals surface area contributed by atoms with E-state index in [1.807, 2.05) is 12.1 Å². The SMILES string of the molecule is CC(C)(O)CCc1ccc(C(=O)NC[C@@H](O)CN2CCCC2)cc1. The van der Waals surface area contributed by atoms with Crippen molar-refractivity contribution >= 4 is 5.91 Å². The van der Waals surface area contributed by atoms with E-state index < -0.39 is 11.7 Å². The molecular weight excluding hydrogens is 304 g/mol. The second kappa shape index (κ2) is 8.60. The van der Waals surface area contributed by atoms with Gasteiger partial charge in [0.1, 0.15) is 0 Å². The van der Waals surface area contributed by atoms with Gasteiger partial charge >= 0.3 is 0 Å². The van der Waals surface area contributed by atoms with E-state index in [1.54, 1.807) is 26.0 Å². The Morgan fingerprint density at radius 3 is 2.46 bits per heavy atom. The molecule has 0 aliphatic carbocycles. The fourth-order valence-corrected chi connectivity index (χ4v) is 2.91. The number of nitrogens with one attached hydrogen (secondary N) is 1. The third-order valence-electron chi connectivity index (χ3n) is 4.41. The number of aliphatic hydroxyl groups is 2. The molecule has 0 saturated carbocycles. The maximum absolute atomic E-state index is 12.1. The van der Waals surface area contributed by atoms with Crippen LogP contribution in [0.25, 0.3) is 0 Å². The molecule has 1 heterocycles. The smallest absolute Gasteiger partial charge is 0.251 e. The molecule has 0 bridgehead atoms. The Bertz CT molecular complexity index is 516. The van der Waals surface area contributed by atoms with Crippen molar-refractivity contribution in [3.63, 3.8) is 0 Å². The number of amides is 1. The van der Waals surface area contributed by atoms with E-state index in [-0.39, 0.29) is 12.5 Å². The third kappa shape index (κ3) is 6.59. The Morgan fingerprint density at radius 2 is 1.88 bits per heavy atom. The van der Waals surface area contributed by atoms with Crippen LogP contribution in [0.4, 0.5) is 0 Å². The lowest BCUT2D eigenvalue weighted by molar-refractivity contribution is 0.0713. The Morgan fingerprint density at radius 1 is 1.25 bits per heavy atom. The highest BCUT2D eigenvalue weighted by Gasteiger charge is 2.17. The van der Waals surface area contributed by atoms with Crippen molar-refractivity contribution in [2.24, 2.45) is 0 Å². The van der Waals surface area contributed by atoms with E-state index in [2.05, 4.69) is 10.2 Å². The molecule has 2 rings (SSSR count). The number of rotatable bonds is 8. The van der Waals surface area contributed by atoms with Gasteiger partial charge in [0.25, 0.3) is 5.91 Å². The Labute approximate surface area is 144 Å². The van der Waals surface area contributed by atoms with Crippen LogP contribution in [-0.2, 0) is 6.42 Å². The highest BCUT2D eigenvalue weighted by atomic mass is 16.3. The normalized spacial score (nSPS) is 17.0. The minimum absolute atomic E-state index is 0.162. The zero-order valence-electron chi connectivity index (χ0n) is 14.8. The van der Waals surface area contributed by atoms with Crippen LogP contribution in [-0.4, -0.2) is 58.9 Å². The van der Waals surface area contributed by atoms with Gasteiger partial charge in [-0.1, -0.05) is 12.1 Å². The largest absolute Gasteiger partial charge is 0.390 e. The summed E-state index contributed by atoms with van der Waals surface area (Å²) in [7, 11) is 0. The van der Waals surface area contributed by atoms with Crippen molar-refractivity contribution in [1.82, 2.24) is 10.2 Å². The number of aryl methyl sites for hydroxylation is 1. The summed E-state index contributed by atoms with van der Waals surface area (Å²) in [4.78, 5) is 14.4. The molecule has 3 N–H and O–H groups in total. The number of nitrogens with zero attached hydrogens (tertiary/aromatic N) is 1. The van der Waals surface area contributed by atoms with Crippen LogP contribution in [0.15, 0.2) is 24.3 Å². The molecule has 0 aromatic heterocycles. The predicted molar refractivity (Wildman–Crippen MR) is 95.1 cm³/mol. The van der Waals surface area contributed by atoms with Crippen molar-refractivity contribution in [1.29, 1.82) is 0 Å². The number of carbonyl (C=O) groups excluding carboxylic acids is 1. The van der Waals surface area contributed by atoms with Crippen molar-refractivity contribution in [3.05, 3.63) is 35.4 Å². The van der Waals surface area contributed by atoms with E-state index in [9.17, 15) is 15.0 Å². The summed E-state index contributed by atoms with van der Waals surface area (Å²) < 4.78 is 0. The van der Waals surface area contributed by atoms with Gasteiger partial charge < -0.3 is 20.4 Å². The summed E-state index contributed by atoms with van der Waals surface area (Å²) in [6, 6.07) is 7.42. The first-order chi connectivity index (χ1) is 11.3. The molecule has 1 aromatic carbocycles. The standard InChI is InChI=1S/C19H30N2O3/c1-19(2,24)10-9-15-5-7-16(8-6-15)18(23)20-13-17(22)14-21-11-3-4-12-21/h5-8,17,22,24H,3-4,9-14H2,1-2H3,(H,20,23)/t17-/m1/s1. The molecule has 1 aliphatic rings. The number of carbonyl (C=O) groups is 1. The zero-order valence-corrected chi connectivity index (χ0v) is 14.8. The Hall–Kier alpha value is -1.43. The Balaban J connectivity index is 1.75. The quantitative estimate of drug-likeness (QED) is 0.675. The lowest BCUT2D eigenvalue weighted by atomic mass is 9.98. The number of β-amino-alcohol motifs (C(OH)–C–C–N with tert-alkyl or cyclic N) is 1. The summed E-state index contributed by atoms with van der Waals surface area (Å²) in [5.74, 6) is -0.162. The van der Waals surface area contributed by atoms with Crippen LogP contribution in [0, 0.1) is 0 Å². The lowest BCUT2D eigenvalue weighted by Crippen LogP contribution is -2.39. The zero-order chi connectivity index (χ0) is 17.6. The van der Waals surface area contributed by atoms with Gasteiger partial charge in [-0.3, -0.25) is 4.79 Å². The van der Waals surface area contributed by atoms with E-state index in [1.165, 1.54) is 12.8 Å². The van der Waals surface area contributed by atoms with Gasteiger partial charge in [-0.25, -0.2) is 0 Å². The van der Waals surface area contributed by atoms with Crippen molar-refractivity contribution < 1.29 is 15.0 Å². The van der Waals surface area contributed by atoms with Crippen LogP contribution in [0.2, 0.25) is 0 Å². The molecule has 5 nitrogen and oxygen atoms in total. The van der Waals surface area contributed by atoms with Crippen molar-refractivity contribution in [2.45, 2.75) is 51.2 Å². The number of aliphatic hydroxyl groups excluding tert-OH is 1. The minimum Gasteiger partial charge on any atom is -0.390 e. The monoisotopic (exact) mass is 334 g/mol. The van der Waals surface area contributed by atoms with E-state index in [0.717, 1.165) is 25.1 Å². The molecule has 1 fully saturated rings. The summed E-state index contributed by atoms with van der Waals surface area (Å²) in [5, 5.41) is 22.6. The Kier molecular flexibility index (Phi) is 6.78. The topological polar surface area (TPSA) is 72.8 Å². The second-order valence-corrected chi connectivity index (χ2v) is 7.38. The summed E-state index contributed by atoms with van der Waals surface area (Å²) >= 11 is 0. The molecular formula is C19H30N2O3. The second-order valence-electron chi connectivity index (χ2n) is 7.38. The molecule has 1 amide bonds. The predicted octanol–water partition coefficient (Wildman–Crippen LogP) is 1.58. The number of hydrogen-bond acceptors (Lipinski definition) is 4. The summed E-state index contributed by atoms with van der Waals surface area (Å²) in [6.07, 6.45) is 3.32. The average Bonchev–Trinajstić information content (AvgIpc) is 3.03. The van der Waals surface area contributed by atoms with Crippen LogP contribution >= 0.6 is 0 Å². The van der Waals surface area contributed by atoms with Gasteiger partial charge in [0.2, 0.25) is 0 Å². The molecule has 0 unspecified atom stereocenters. The maximum atomic E-state index is 12.1. The van der Waals surface area contributed by atoms with Gasteiger partial charge in [0.15, 0.2) is 0 Å². The average molecular weight is 334 g/mol. The van der Waals surface area contributed by atoms with Crippen LogP contribution in [0.1, 0.15) is 49.0 Å². The summed E-state index contributed by atoms with van der Waals surface area (Å²) in [6.45, 7) is 6.56. The van der Waals surface area contributed by atoms with Gasteiger partial charge in [-0.15, -0.1) is 0 Å². The van der Waals surface area contributed by atoms with Gasteiger partial charge in [-0.2, -0.15) is 0 Å². The lowest BCUT2D eigenvalue weighted by Gasteiger charge is -2.19. The van der Waals surface area contributed by atoms with Gasteiger partial charge in [0.05, 0.1) is 11.7 Å². The molecule has 5 heteroatoms. The minimum atomic E-state index is -0.679. The number of hydrogen-bond donors (Lipinski definition) is 3. The van der Waals surface area contributed by atoms with Crippen molar-refractivity contribution in [3.8, 4) is 0 Å². The van der Waals surface area contributed by atoms with Crippen LogP contribution in [0.5, 0.6) is 0 Å². The molecule has 1 saturated heterocycles. The molecule has 24 heavy (non-hydrogen) atoms. The molecule has 0 spiro atoms. The fraction of sp³-hybridized carbons (Fsp3) is 0.632. The number of benzene rings is 1.